The van der Waals surface area contributed by atoms with Gasteiger partial charge in [-0.25, -0.2) is 0 Å². The van der Waals surface area contributed by atoms with Gasteiger partial charge in [-0.2, -0.15) is 0 Å². The number of nitrogens with zero attached hydrogens (tertiary/aromatic N) is 2. The zero-order valence-electron chi connectivity index (χ0n) is 17.6. The summed E-state index contributed by atoms with van der Waals surface area (Å²) in [5, 5.41) is 2.90. The number of carbonyl (C=O) groups excluding carboxylic acids is 2. The van der Waals surface area contributed by atoms with E-state index in [1.54, 1.807) is 44.6 Å². The molecule has 30 heavy (non-hydrogen) atoms. The lowest BCUT2D eigenvalue weighted by atomic mass is 9.97. The molecule has 4 rings (SSSR count). The highest BCUT2D eigenvalue weighted by atomic mass is 16.5. The van der Waals surface area contributed by atoms with Gasteiger partial charge in [0.2, 0.25) is 0 Å². The summed E-state index contributed by atoms with van der Waals surface area (Å²) in [6, 6.07) is 10.5. The Morgan fingerprint density at radius 1 is 1.10 bits per heavy atom. The summed E-state index contributed by atoms with van der Waals surface area (Å²) in [6.45, 7) is 3.65. The Bertz CT molecular complexity index is 953. The molecule has 2 aromatic carbocycles. The molecule has 0 aliphatic carbocycles. The van der Waals surface area contributed by atoms with Crippen LogP contribution in [0.15, 0.2) is 36.4 Å². The summed E-state index contributed by atoms with van der Waals surface area (Å²) in [6.07, 6.45) is 3.18. The average molecular weight is 409 g/mol. The van der Waals surface area contributed by atoms with E-state index in [1.165, 1.54) is 0 Å². The number of amides is 2. The molecule has 1 fully saturated rings. The van der Waals surface area contributed by atoms with E-state index in [1.807, 2.05) is 11.0 Å². The number of ether oxygens (including phenoxy) is 2. The van der Waals surface area contributed by atoms with E-state index in [2.05, 4.69) is 17.1 Å². The van der Waals surface area contributed by atoms with Gasteiger partial charge in [-0.1, -0.05) is 0 Å². The number of nitrogens with one attached hydrogen (secondary N) is 1. The molecule has 2 heterocycles. The third-order valence-corrected chi connectivity index (χ3v) is 5.84. The van der Waals surface area contributed by atoms with E-state index < -0.39 is 0 Å². The molecule has 7 heteroatoms. The summed E-state index contributed by atoms with van der Waals surface area (Å²) in [5.41, 5.74) is 2.58. The lowest BCUT2D eigenvalue weighted by molar-refractivity contribution is 0.0582. The average Bonchev–Trinajstić information content (AvgIpc) is 2.78. The van der Waals surface area contributed by atoms with E-state index in [0.29, 0.717) is 28.3 Å². The van der Waals surface area contributed by atoms with Crippen molar-refractivity contribution in [2.24, 2.45) is 0 Å². The molecule has 158 valence electrons. The van der Waals surface area contributed by atoms with Gasteiger partial charge in [0.25, 0.3) is 11.8 Å². The van der Waals surface area contributed by atoms with E-state index in [-0.39, 0.29) is 18.0 Å². The molecule has 0 aromatic heterocycles. The van der Waals surface area contributed by atoms with Crippen molar-refractivity contribution in [3.05, 3.63) is 47.5 Å². The Morgan fingerprint density at radius 2 is 1.83 bits per heavy atom. The Labute approximate surface area is 176 Å². The van der Waals surface area contributed by atoms with Crippen molar-refractivity contribution in [3.8, 4) is 11.5 Å². The number of anilines is 2. The van der Waals surface area contributed by atoms with Gasteiger partial charge in [-0.15, -0.1) is 0 Å². The van der Waals surface area contributed by atoms with Gasteiger partial charge in [0.05, 0.1) is 25.5 Å². The van der Waals surface area contributed by atoms with Crippen LogP contribution in [0.5, 0.6) is 11.5 Å². The predicted molar refractivity (Wildman–Crippen MR) is 116 cm³/mol. The van der Waals surface area contributed by atoms with Gasteiger partial charge < -0.3 is 24.6 Å². The van der Waals surface area contributed by atoms with Gasteiger partial charge in [0, 0.05) is 42.5 Å². The Kier molecular flexibility index (Phi) is 5.53. The Balaban J connectivity index is 1.64. The van der Waals surface area contributed by atoms with Crippen molar-refractivity contribution in [3.63, 3.8) is 0 Å². The molecule has 0 saturated carbocycles. The molecule has 0 radical (unpaired) electrons. The van der Waals surface area contributed by atoms with Crippen LogP contribution in [0.2, 0.25) is 0 Å². The minimum absolute atomic E-state index is 0.0592. The summed E-state index contributed by atoms with van der Waals surface area (Å²) < 4.78 is 10.5. The summed E-state index contributed by atoms with van der Waals surface area (Å²) in [5.74, 6) is 0.997. The van der Waals surface area contributed by atoms with Gasteiger partial charge in [0.1, 0.15) is 17.7 Å². The monoisotopic (exact) mass is 409 g/mol. The zero-order chi connectivity index (χ0) is 21.3. The summed E-state index contributed by atoms with van der Waals surface area (Å²) in [7, 11) is 3.13. The topological polar surface area (TPSA) is 71.1 Å². The van der Waals surface area contributed by atoms with E-state index in [4.69, 9.17) is 9.47 Å². The van der Waals surface area contributed by atoms with E-state index in [0.717, 1.165) is 38.0 Å². The first-order valence-corrected chi connectivity index (χ1v) is 10.3. The van der Waals surface area contributed by atoms with Gasteiger partial charge in [-0.3, -0.25) is 9.59 Å². The molecule has 0 bridgehead atoms. The van der Waals surface area contributed by atoms with Crippen molar-refractivity contribution in [1.82, 2.24) is 4.90 Å². The van der Waals surface area contributed by atoms with Crippen molar-refractivity contribution in [1.29, 1.82) is 0 Å². The first-order chi connectivity index (χ1) is 14.5. The van der Waals surface area contributed by atoms with Gasteiger partial charge in [-0.05, 0) is 44.4 Å². The first-order valence-electron chi connectivity index (χ1n) is 10.3. The first kappa shape index (κ1) is 20.1. The molecule has 7 nitrogen and oxygen atoms in total. The molecule has 0 spiro atoms. The van der Waals surface area contributed by atoms with Gasteiger partial charge in [0.15, 0.2) is 0 Å². The predicted octanol–water partition coefficient (Wildman–Crippen LogP) is 3.75. The van der Waals surface area contributed by atoms with E-state index in [9.17, 15) is 9.59 Å². The smallest absolute Gasteiger partial charge is 0.257 e. The number of hydrogen-bond donors (Lipinski definition) is 1. The molecule has 1 saturated heterocycles. The Hall–Kier alpha value is -3.22. The van der Waals surface area contributed by atoms with Crippen LogP contribution in [-0.4, -0.2) is 50.2 Å². The molecule has 2 aromatic rings. The highest BCUT2D eigenvalue weighted by Crippen LogP contribution is 2.36. The molecule has 2 amide bonds. The van der Waals surface area contributed by atoms with Crippen LogP contribution in [-0.2, 0) is 0 Å². The Morgan fingerprint density at radius 3 is 2.50 bits per heavy atom. The SMILES string of the molecule is CCN1c2cc(C(=O)Nc3cc(OC)cc(OC)c3)ccc2C(=O)N2CCCC[C@@H]21. The quantitative estimate of drug-likeness (QED) is 0.814. The summed E-state index contributed by atoms with van der Waals surface area (Å²) >= 11 is 0. The third-order valence-electron chi connectivity index (χ3n) is 5.84. The second-order valence-corrected chi connectivity index (χ2v) is 7.55. The van der Waals surface area contributed by atoms with Crippen molar-refractivity contribution >= 4 is 23.2 Å². The lowest BCUT2D eigenvalue weighted by Crippen LogP contribution is -2.57. The molecular weight excluding hydrogens is 382 g/mol. The van der Waals surface area contributed by atoms with Crippen LogP contribution in [0.25, 0.3) is 0 Å². The normalized spacial score (nSPS) is 17.8. The third kappa shape index (κ3) is 3.56. The maximum absolute atomic E-state index is 13.0. The van der Waals surface area contributed by atoms with Crippen molar-refractivity contribution in [2.45, 2.75) is 32.4 Å². The van der Waals surface area contributed by atoms with Crippen LogP contribution in [0.1, 0.15) is 46.9 Å². The molecule has 2 aliphatic rings. The minimum atomic E-state index is -0.248. The number of hydrogen-bond acceptors (Lipinski definition) is 5. The number of carbonyl (C=O) groups is 2. The number of fused-ring (bicyclic) bond motifs is 2. The number of rotatable bonds is 5. The fraction of sp³-hybridized carbons (Fsp3) is 0.391. The highest BCUT2D eigenvalue weighted by molar-refractivity contribution is 6.08. The van der Waals surface area contributed by atoms with Crippen LogP contribution in [0.3, 0.4) is 0 Å². The maximum Gasteiger partial charge on any atom is 0.257 e. The van der Waals surface area contributed by atoms with Crippen molar-refractivity contribution < 1.29 is 19.1 Å². The highest BCUT2D eigenvalue weighted by Gasteiger charge is 2.38. The second-order valence-electron chi connectivity index (χ2n) is 7.55. The fourth-order valence-electron chi connectivity index (χ4n) is 4.35. The minimum Gasteiger partial charge on any atom is -0.497 e. The van der Waals surface area contributed by atoms with Crippen LogP contribution in [0, 0.1) is 0 Å². The number of benzene rings is 2. The molecule has 1 atom stereocenters. The summed E-state index contributed by atoms with van der Waals surface area (Å²) in [4.78, 5) is 30.2. The van der Waals surface area contributed by atoms with Crippen LogP contribution in [0.4, 0.5) is 11.4 Å². The number of methoxy groups -OCH3 is 2. The van der Waals surface area contributed by atoms with Crippen molar-refractivity contribution in [2.75, 3.05) is 37.5 Å². The van der Waals surface area contributed by atoms with Crippen LogP contribution < -0.4 is 19.7 Å². The molecule has 0 unspecified atom stereocenters. The largest absolute Gasteiger partial charge is 0.497 e. The fourth-order valence-corrected chi connectivity index (χ4v) is 4.35. The molecular formula is C23H27N3O4. The molecule has 2 aliphatic heterocycles. The number of piperidine rings is 1. The standard InChI is InChI=1S/C23H27N3O4/c1-4-25-20-11-15(8-9-19(20)23(28)26-10-6-5-7-21(25)26)22(27)24-16-12-17(29-2)14-18(13-16)30-3/h8-9,11-14,21H,4-7,10H2,1-3H3,(H,24,27)/t21-/m1/s1. The van der Waals surface area contributed by atoms with Gasteiger partial charge >= 0.3 is 0 Å². The van der Waals surface area contributed by atoms with Crippen LogP contribution >= 0.6 is 0 Å². The lowest BCUT2D eigenvalue weighted by Gasteiger charge is -2.47. The maximum atomic E-state index is 13.0. The van der Waals surface area contributed by atoms with E-state index >= 15 is 0 Å². The molecule has 1 N–H and O–H groups in total. The zero-order valence-corrected chi connectivity index (χ0v) is 17.6. The second kappa shape index (κ2) is 8.26.